The Morgan fingerprint density at radius 1 is 1.15 bits per heavy atom. The fourth-order valence-corrected chi connectivity index (χ4v) is 2.38. The number of pyridine rings is 1. The number of fused-ring (bicyclic) bond motifs is 1. The molecule has 102 valence electrons. The molecule has 1 aromatic carbocycles. The monoisotopic (exact) mass is 267 g/mol. The number of nitrogens with one attached hydrogen (secondary N) is 2. The molecule has 1 atom stereocenters. The maximum atomic E-state index is 12.1. The molecule has 0 radical (unpaired) electrons. The highest BCUT2D eigenvalue weighted by atomic mass is 16.2. The third-order valence-electron chi connectivity index (χ3n) is 3.48. The summed E-state index contributed by atoms with van der Waals surface area (Å²) < 4.78 is 0. The van der Waals surface area contributed by atoms with Gasteiger partial charge in [0, 0.05) is 5.69 Å². The van der Waals surface area contributed by atoms with Gasteiger partial charge in [0.15, 0.2) is 5.82 Å². The lowest BCUT2D eigenvalue weighted by atomic mass is 10.0. The van der Waals surface area contributed by atoms with Gasteiger partial charge in [-0.3, -0.25) is 4.79 Å². The number of rotatable bonds is 3. The van der Waals surface area contributed by atoms with E-state index >= 15 is 0 Å². The number of anilines is 2. The maximum Gasteiger partial charge on any atom is 0.247 e. The molecule has 4 heteroatoms. The van der Waals surface area contributed by atoms with Gasteiger partial charge in [-0.15, -0.1) is 0 Å². The molecule has 1 aromatic heterocycles. The first-order chi connectivity index (χ1) is 9.72. The predicted octanol–water partition coefficient (Wildman–Crippen LogP) is 2.76. The van der Waals surface area contributed by atoms with E-state index in [9.17, 15) is 4.79 Å². The van der Waals surface area contributed by atoms with Gasteiger partial charge in [0.25, 0.3) is 0 Å². The van der Waals surface area contributed by atoms with Crippen LogP contribution >= 0.6 is 0 Å². The van der Waals surface area contributed by atoms with Crippen molar-refractivity contribution in [3.63, 3.8) is 0 Å². The van der Waals surface area contributed by atoms with Crippen molar-refractivity contribution in [3.05, 3.63) is 53.7 Å². The van der Waals surface area contributed by atoms with Gasteiger partial charge in [0.2, 0.25) is 5.91 Å². The summed E-state index contributed by atoms with van der Waals surface area (Å²) in [5, 5.41) is 6.14. The van der Waals surface area contributed by atoms with Crippen LogP contribution < -0.4 is 10.6 Å². The third kappa shape index (κ3) is 2.64. The molecular formula is C16H17N3O. The Balaban J connectivity index is 1.70. The van der Waals surface area contributed by atoms with E-state index in [2.05, 4.69) is 27.8 Å². The minimum Gasteiger partial charge on any atom is -0.357 e. The van der Waals surface area contributed by atoms with E-state index in [4.69, 9.17) is 0 Å². The number of aromatic nitrogens is 1. The van der Waals surface area contributed by atoms with Crippen molar-refractivity contribution in [3.8, 4) is 0 Å². The maximum absolute atomic E-state index is 12.1. The second-order valence-corrected chi connectivity index (χ2v) is 5.06. The second kappa shape index (κ2) is 5.33. The molecule has 2 N–H and O–H groups in total. The highest BCUT2D eigenvalue weighted by Gasteiger charge is 2.25. The average Bonchev–Trinajstić information content (AvgIpc) is 2.46. The Morgan fingerprint density at radius 2 is 1.95 bits per heavy atom. The van der Waals surface area contributed by atoms with Crippen molar-refractivity contribution in [2.24, 2.45) is 0 Å². The van der Waals surface area contributed by atoms with E-state index in [1.54, 1.807) is 0 Å². The summed E-state index contributed by atoms with van der Waals surface area (Å²) >= 11 is 0. The molecule has 0 aliphatic carbocycles. The Labute approximate surface area is 118 Å². The fourth-order valence-electron chi connectivity index (χ4n) is 2.38. The highest BCUT2D eigenvalue weighted by molar-refractivity contribution is 6.02. The number of carbonyl (C=O) groups is 1. The van der Waals surface area contributed by atoms with Crippen LogP contribution in [-0.2, 0) is 11.2 Å². The van der Waals surface area contributed by atoms with Crippen molar-refractivity contribution in [2.75, 3.05) is 10.6 Å². The predicted molar refractivity (Wildman–Crippen MR) is 79.8 cm³/mol. The summed E-state index contributed by atoms with van der Waals surface area (Å²) in [4.78, 5) is 16.5. The van der Waals surface area contributed by atoms with Crippen LogP contribution in [0.4, 0.5) is 11.5 Å². The van der Waals surface area contributed by atoms with Crippen molar-refractivity contribution in [1.29, 1.82) is 0 Å². The van der Waals surface area contributed by atoms with Gasteiger partial charge in [-0.2, -0.15) is 0 Å². The van der Waals surface area contributed by atoms with Crippen LogP contribution in [0.3, 0.4) is 0 Å². The summed E-state index contributed by atoms with van der Waals surface area (Å²) in [6.45, 7) is 1.94. The van der Waals surface area contributed by atoms with Crippen LogP contribution in [0.5, 0.6) is 0 Å². The van der Waals surface area contributed by atoms with E-state index in [1.807, 2.05) is 37.3 Å². The summed E-state index contributed by atoms with van der Waals surface area (Å²) in [6, 6.07) is 13.7. The molecular weight excluding hydrogens is 250 g/mol. The number of nitrogens with zero attached hydrogens (tertiary/aromatic N) is 1. The Hall–Kier alpha value is -2.36. The topological polar surface area (TPSA) is 54.0 Å². The minimum absolute atomic E-state index is 0.0130. The van der Waals surface area contributed by atoms with Crippen molar-refractivity contribution in [2.45, 2.75) is 25.8 Å². The summed E-state index contributed by atoms with van der Waals surface area (Å²) in [6.07, 6.45) is 1.62. The lowest BCUT2D eigenvalue weighted by Crippen LogP contribution is -2.39. The van der Waals surface area contributed by atoms with Crippen molar-refractivity contribution in [1.82, 2.24) is 4.98 Å². The highest BCUT2D eigenvalue weighted by Crippen LogP contribution is 2.25. The standard InChI is InChI=1S/C16H17N3O/c1-11-7-9-13-15(17-11)18-14(16(20)19-13)10-8-12-5-3-2-4-6-12/h2-7,9,14H,8,10H2,1H3,(H,17,18)(H,19,20). The van der Waals surface area contributed by atoms with Crippen LogP contribution in [0.25, 0.3) is 0 Å². The lowest BCUT2D eigenvalue weighted by Gasteiger charge is -2.26. The van der Waals surface area contributed by atoms with Crippen LogP contribution in [0.1, 0.15) is 17.7 Å². The Morgan fingerprint density at radius 3 is 2.75 bits per heavy atom. The van der Waals surface area contributed by atoms with E-state index < -0.39 is 0 Å². The van der Waals surface area contributed by atoms with E-state index in [0.29, 0.717) is 0 Å². The average molecular weight is 267 g/mol. The summed E-state index contributed by atoms with van der Waals surface area (Å²) in [5.41, 5.74) is 2.94. The van der Waals surface area contributed by atoms with Gasteiger partial charge in [-0.05, 0) is 37.5 Å². The molecule has 1 amide bonds. The molecule has 2 aromatic rings. The van der Waals surface area contributed by atoms with Crippen LogP contribution in [0, 0.1) is 6.92 Å². The smallest absolute Gasteiger partial charge is 0.247 e. The number of hydrogen-bond acceptors (Lipinski definition) is 3. The van der Waals surface area contributed by atoms with Crippen LogP contribution in [0.2, 0.25) is 0 Å². The summed E-state index contributed by atoms with van der Waals surface area (Å²) in [7, 11) is 0. The number of hydrogen-bond donors (Lipinski definition) is 2. The largest absolute Gasteiger partial charge is 0.357 e. The van der Waals surface area contributed by atoms with Gasteiger partial charge >= 0.3 is 0 Å². The number of benzene rings is 1. The first-order valence-electron chi connectivity index (χ1n) is 6.81. The second-order valence-electron chi connectivity index (χ2n) is 5.06. The SMILES string of the molecule is Cc1ccc2c(n1)NC(CCc1ccccc1)C(=O)N2. The van der Waals surface area contributed by atoms with E-state index in [-0.39, 0.29) is 11.9 Å². The van der Waals surface area contributed by atoms with Gasteiger partial charge < -0.3 is 10.6 Å². The number of carbonyl (C=O) groups excluding carboxylic acids is 1. The normalized spacial score (nSPS) is 17.1. The van der Waals surface area contributed by atoms with Gasteiger partial charge in [0.05, 0.1) is 5.69 Å². The number of amides is 1. The third-order valence-corrected chi connectivity index (χ3v) is 3.48. The molecule has 4 nitrogen and oxygen atoms in total. The molecule has 2 heterocycles. The minimum atomic E-state index is -0.225. The fraction of sp³-hybridized carbons (Fsp3) is 0.250. The Bertz CT molecular complexity index is 625. The van der Waals surface area contributed by atoms with Gasteiger partial charge in [0.1, 0.15) is 6.04 Å². The molecule has 3 rings (SSSR count). The summed E-state index contributed by atoms with van der Waals surface area (Å²) in [5.74, 6) is 0.779. The van der Waals surface area contributed by atoms with Crippen LogP contribution in [0.15, 0.2) is 42.5 Å². The van der Waals surface area contributed by atoms with Gasteiger partial charge in [-0.1, -0.05) is 30.3 Å². The molecule has 0 bridgehead atoms. The Kier molecular flexibility index (Phi) is 3.37. The quantitative estimate of drug-likeness (QED) is 0.899. The van der Waals surface area contributed by atoms with Crippen molar-refractivity contribution >= 4 is 17.4 Å². The lowest BCUT2D eigenvalue weighted by molar-refractivity contribution is -0.117. The first kappa shape index (κ1) is 12.7. The molecule has 1 unspecified atom stereocenters. The zero-order valence-corrected chi connectivity index (χ0v) is 11.4. The van der Waals surface area contributed by atoms with E-state index in [1.165, 1.54) is 5.56 Å². The molecule has 20 heavy (non-hydrogen) atoms. The molecule has 0 saturated carbocycles. The van der Waals surface area contributed by atoms with Crippen molar-refractivity contribution < 1.29 is 4.79 Å². The molecule has 0 saturated heterocycles. The zero-order valence-electron chi connectivity index (χ0n) is 11.4. The number of aryl methyl sites for hydroxylation is 2. The van der Waals surface area contributed by atoms with Gasteiger partial charge in [-0.25, -0.2) is 4.98 Å². The zero-order chi connectivity index (χ0) is 13.9. The molecule has 0 fully saturated rings. The van der Waals surface area contributed by atoms with Crippen LogP contribution in [-0.4, -0.2) is 16.9 Å². The molecule has 1 aliphatic heterocycles. The first-order valence-corrected chi connectivity index (χ1v) is 6.81. The molecule has 0 spiro atoms. The molecule has 1 aliphatic rings. The van der Waals surface area contributed by atoms with E-state index in [0.717, 1.165) is 30.0 Å².